The van der Waals surface area contributed by atoms with Crippen molar-refractivity contribution in [3.8, 4) is 5.95 Å². The fraction of sp³-hybridized carbons (Fsp3) is 0.125. The van der Waals surface area contributed by atoms with E-state index in [4.69, 9.17) is 0 Å². The lowest BCUT2D eigenvalue weighted by Gasteiger charge is -2.02. The number of fused-ring (bicyclic) bond motifs is 1. The molecule has 4 aromatic rings. The van der Waals surface area contributed by atoms with Gasteiger partial charge in [-0.1, -0.05) is 12.1 Å². The Labute approximate surface area is 162 Å². The number of alkyl halides is 3. The van der Waals surface area contributed by atoms with Crippen molar-refractivity contribution < 1.29 is 17.6 Å². The molecule has 3 aromatic heterocycles. The van der Waals surface area contributed by atoms with Gasteiger partial charge in [-0.05, 0) is 46.4 Å². The molecule has 0 spiro atoms. The van der Waals surface area contributed by atoms with Crippen LogP contribution in [0.15, 0.2) is 36.5 Å². The molecule has 3 heterocycles. The van der Waals surface area contributed by atoms with Crippen molar-refractivity contribution >= 4 is 33.6 Å². The molecule has 0 atom stereocenters. The molecular weight excluding hydrogens is 479 g/mol. The Bertz CT molecular complexity index is 1130. The molecule has 0 amide bonds. The first-order chi connectivity index (χ1) is 12.8. The van der Waals surface area contributed by atoms with Gasteiger partial charge in [0.1, 0.15) is 11.3 Å². The van der Waals surface area contributed by atoms with Crippen LogP contribution in [0.3, 0.4) is 0 Å². The van der Waals surface area contributed by atoms with Gasteiger partial charge in [-0.25, -0.2) is 4.39 Å². The summed E-state index contributed by atoms with van der Waals surface area (Å²) in [4.78, 5) is 7.70. The second kappa shape index (κ2) is 6.55. The quantitative estimate of drug-likeness (QED) is 0.351. The lowest BCUT2D eigenvalue weighted by atomic mass is 10.1. The van der Waals surface area contributed by atoms with Crippen molar-refractivity contribution in [2.75, 3.05) is 0 Å². The van der Waals surface area contributed by atoms with Gasteiger partial charge >= 0.3 is 6.18 Å². The molecule has 0 aliphatic carbocycles. The summed E-state index contributed by atoms with van der Waals surface area (Å²) in [7, 11) is 0. The third-order valence-corrected chi connectivity index (χ3v) is 4.66. The van der Waals surface area contributed by atoms with E-state index in [0.29, 0.717) is 25.9 Å². The van der Waals surface area contributed by atoms with Crippen molar-refractivity contribution in [1.82, 2.24) is 29.9 Å². The van der Waals surface area contributed by atoms with Crippen molar-refractivity contribution in [3.05, 3.63) is 63.0 Å². The highest BCUT2D eigenvalue weighted by Crippen LogP contribution is 2.27. The number of benzene rings is 1. The van der Waals surface area contributed by atoms with Crippen LogP contribution in [0.2, 0.25) is 0 Å². The Morgan fingerprint density at radius 2 is 1.96 bits per heavy atom. The lowest BCUT2D eigenvalue weighted by Crippen LogP contribution is -2.08. The summed E-state index contributed by atoms with van der Waals surface area (Å²) in [6.45, 7) is 0. The second-order valence-electron chi connectivity index (χ2n) is 5.60. The first-order valence-electron chi connectivity index (χ1n) is 7.60. The maximum absolute atomic E-state index is 14.3. The number of aromatic nitrogens is 6. The standard InChI is InChI=1S/C16H9F4IN6/c17-12-8(3-1-4-9(12)21)7-10-13-11(5-2-6-22-13)27(26-10)15-23-14(24-25-15)16(18,19)20/h1-6H,7H2,(H,23,24,25). The third-order valence-electron chi connectivity index (χ3n) is 3.83. The molecule has 0 aliphatic heterocycles. The summed E-state index contributed by atoms with van der Waals surface area (Å²) < 4.78 is 54.3. The molecule has 1 aromatic carbocycles. The normalized spacial score (nSPS) is 12.0. The average molecular weight is 488 g/mol. The van der Waals surface area contributed by atoms with Crippen LogP contribution in [0.5, 0.6) is 0 Å². The summed E-state index contributed by atoms with van der Waals surface area (Å²) in [6, 6.07) is 8.24. The summed E-state index contributed by atoms with van der Waals surface area (Å²) in [5.41, 5.74) is 1.68. The van der Waals surface area contributed by atoms with Gasteiger partial charge in [-0.3, -0.25) is 10.1 Å². The Balaban J connectivity index is 1.82. The van der Waals surface area contributed by atoms with Crippen LogP contribution in [0, 0.1) is 9.39 Å². The van der Waals surface area contributed by atoms with Crippen LogP contribution in [-0.4, -0.2) is 29.9 Å². The van der Waals surface area contributed by atoms with E-state index >= 15 is 0 Å². The van der Waals surface area contributed by atoms with Crippen LogP contribution >= 0.6 is 22.6 Å². The van der Waals surface area contributed by atoms with E-state index in [1.165, 1.54) is 6.20 Å². The molecule has 0 saturated carbocycles. The molecule has 1 N–H and O–H groups in total. The number of H-pyrrole nitrogens is 1. The van der Waals surface area contributed by atoms with Crippen LogP contribution < -0.4 is 0 Å². The highest BCUT2D eigenvalue weighted by atomic mass is 127. The highest BCUT2D eigenvalue weighted by Gasteiger charge is 2.35. The van der Waals surface area contributed by atoms with Crippen LogP contribution in [-0.2, 0) is 12.6 Å². The first kappa shape index (κ1) is 17.8. The number of hydrogen-bond acceptors (Lipinski definition) is 4. The van der Waals surface area contributed by atoms with Crippen LogP contribution in [0.1, 0.15) is 17.1 Å². The zero-order valence-electron chi connectivity index (χ0n) is 13.3. The van der Waals surface area contributed by atoms with Crippen molar-refractivity contribution in [2.45, 2.75) is 12.6 Å². The van der Waals surface area contributed by atoms with Crippen molar-refractivity contribution in [1.29, 1.82) is 0 Å². The number of rotatable bonds is 3. The SMILES string of the molecule is Fc1c(I)cccc1Cc1nn(-c2n[nH]c(C(F)(F)F)n2)c2cccnc12. The van der Waals surface area contributed by atoms with Crippen LogP contribution in [0.25, 0.3) is 17.0 Å². The van der Waals surface area contributed by atoms with E-state index in [1.807, 2.05) is 27.7 Å². The molecule has 0 fully saturated rings. The van der Waals surface area contributed by atoms with E-state index in [1.54, 1.807) is 30.3 Å². The van der Waals surface area contributed by atoms with Gasteiger partial charge in [0, 0.05) is 16.2 Å². The second-order valence-corrected chi connectivity index (χ2v) is 6.76. The Kier molecular flexibility index (Phi) is 4.32. The molecule has 138 valence electrons. The van der Waals surface area contributed by atoms with E-state index < -0.39 is 12.0 Å². The maximum atomic E-state index is 14.3. The number of halogens is 5. The molecule has 0 saturated heterocycles. The predicted octanol–water partition coefficient (Wildman–Crippen LogP) is 3.89. The summed E-state index contributed by atoms with van der Waals surface area (Å²) in [5.74, 6) is -1.86. The topological polar surface area (TPSA) is 72.3 Å². The summed E-state index contributed by atoms with van der Waals surface area (Å²) in [5, 5.41) is 9.75. The fourth-order valence-corrected chi connectivity index (χ4v) is 3.18. The Morgan fingerprint density at radius 1 is 1.15 bits per heavy atom. The van der Waals surface area contributed by atoms with Gasteiger partial charge < -0.3 is 0 Å². The lowest BCUT2D eigenvalue weighted by molar-refractivity contribution is -0.144. The van der Waals surface area contributed by atoms with Crippen LogP contribution in [0.4, 0.5) is 17.6 Å². The summed E-state index contributed by atoms with van der Waals surface area (Å²) in [6.07, 6.45) is -3.00. The minimum Gasteiger partial charge on any atom is -0.253 e. The van der Waals surface area contributed by atoms with Crippen molar-refractivity contribution in [2.24, 2.45) is 0 Å². The van der Waals surface area contributed by atoms with Gasteiger partial charge in [-0.15, -0.1) is 5.10 Å². The molecule has 11 heteroatoms. The first-order valence-corrected chi connectivity index (χ1v) is 8.68. The van der Waals surface area contributed by atoms with Crippen molar-refractivity contribution in [3.63, 3.8) is 0 Å². The smallest absolute Gasteiger partial charge is 0.253 e. The number of nitrogens with zero attached hydrogens (tertiary/aromatic N) is 5. The largest absolute Gasteiger partial charge is 0.451 e. The van der Waals surface area contributed by atoms with Gasteiger partial charge in [0.2, 0.25) is 5.82 Å². The molecule has 4 rings (SSSR count). The third kappa shape index (κ3) is 3.26. The molecule has 27 heavy (non-hydrogen) atoms. The van der Waals surface area contributed by atoms with E-state index in [2.05, 4.69) is 20.2 Å². The van der Waals surface area contributed by atoms with Gasteiger partial charge in [0.25, 0.3) is 5.95 Å². The molecule has 6 nitrogen and oxygen atoms in total. The minimum atomic E-state index is -4.65. The molecule has 0 bridgehead atoms. The molecule has 0 aliphatic rings. The summed E-state index contributed by atoms with van der Waals surface area (Å²) >= 11 is 1.89. The zero-order chi connectivity index (χ0) is 19.2. The number of nitrogens with one attached hydrogen (secondary N) is 1. The fourth-order valence-electron chi connectivity index (χ4n) is 2.62. The maximum Gasteiger partial charge on any atom is 0.451 e. The number of pyridine rings is 1. The Hall–Kier alpha value is -2.57. The molecule has 0 radical (unpaired) electrons. The Morgan fingerprint density at radius 3 is 2.70 bits per heavy atom. The highest BCUT2D eigenvalue weighted by molar-refractivity contribution is 14.1. The van der Waals surface area contributed by atoms with E-state index in [9.17, 15) is 17.6 Å². The predicted molar refractivity (Wildman–Crippen MR) is 95.7 cm³/mol. The monoisotopic (exact) mass is 488 g/mol. The van der Waals surface area contributed by atoms with E-state index in [0.717, 1.165) is 4.68 Å². The van der Waals surface area contributed by atoms with Gasteiger partial charge in [0.15, 0.2) is 0 Å². The van der Waals surface area contributed by atoms with Gasteiger partial charge in [-0.2, -0.15) is 27.9 Å². The minimum absolute atomic E-state index is 0.125. The number of aromatic amines is 1. The average Bonchev–Trinajstić information content (AvgIpc) is 3.24. The van der Waals surface area contributed by atoms with Gasteiger partial charge in [0.05, 0.1) is 11.2 Å². The number of hydrogen-bond donors (Lipinski definition) is 1. The zero-order valence-corrected chi connectivity index (χ0v) is 15.5. The molecule has 0 unspecified atom stereocenters. The van der Waals surface area contributed by atoms with E-state index in [-0.39, 0.29) is 18.2 Å². The molecular formula is C16H9F4IN6.